The van der Waals surface area contributed by atoms with E-state index in [0.29, 0.717) is 24.6 Å². The lowest BCUT2D eigenvalue weighted by Crippen LogP contribution is -2.38. The number of nitrogens with one attached hydrogen (secondary N) is 1. The van der Waals surface area contributed by atoms with Crippen LogP contribution in [-0.4, -0.2) is 52.8 Å². The number of benzene rings is 1. The van der Waals surface area contributed by atoms with Crippen LogP contribution in [-0.2, 0) is 6.54 Å². The van der Waals surface area contributed by atoms with Gasteiger partial charge in [0.2, 0.25) is 0 Å². The fraction of sp³-hybridized carbons (Fsp3) is 0.476. The Bertz CT molecular complexity index is 840. The minimum atomic E-state index is -0.0919. The maximum Gasteiger partial charge on any atom is 0.322 e. The van der Waals surface area contributed by atoms with Gasteiger partial charge in [-0.3, -0.25) is 14.4 Å². The number of urea groups is 1. The van der Waals surface area contributed by atoms with Gasteiger partial charge >= 0.3 is 6.03 Å². The maximum atomic E-state index is 13.0. The molecule has 2 aromatic rings. The molecule has 2 saturated heterocycles. The molecule has 1 aromatic carbocycles. The molecular formula is C21H27N5O2. The summed E-state index contributed by atoms with van der Waals surface area (Å²) in [4.78, 5) is 28.7. The highest BCUT2D eigenvalue weighted by molar-refractivity contribution is 5.99. The highest BCUT2D eigenvalue weighted by Gasteiger charge is 2.26. The van der Waals surface area contributed by atoms with E-state index in [0.717, 1.165) is 50.1 Å². The van der Waals surface area contributed by atoms with Gasteiger partial charge < -0.3 is 10.2 Å². The Labute approximate surface area is 165 Å². The number of aromatic nitrogens is 2. The number of hydrogen-bond donors (Lipinski definition) is 1. The molecule has 1 N–H and O–H groups in total. The fourth-order valence-corrected chi connectivity index (χ4v) is 4.09. The fourth-order valence-electron chi connectivity index (χ4n) is 4.09. The summed E-state index contributed by atoms with van der Waals surface area (Å²) in [7, 11) is 0. The third kappa shape index (κ3) is 3.88. The van der Waals surface area contributed by atoms with Crippen LogP contribution in [0.15, 0.2) is 36.7 Å². The molecule has 7 heteroatoms. The van der Waals surface area contributed by atoms with E-state index in [4.69, 9.17) is 0 Å². The largest absolute Gasteiger partial charge is 0.339 e. The molecule has 3 heterocycles. The Morgan fingerprint density at radius 3 is 2.75 bits per heavy atom. The lowest BCUT2D eigenvalue weighted by atomic mass is 9.93. The van der Waals surface area contributed by atoms with Crippen molar-refractivity contribution in [1.29, 1.82) is 0 Å². The Morgan fingerprint density at radius 1 is 1.25 bits per heavy atom. The zero-order chi connectivity index (χ0) is 19.5. The Balaban J connectivity index is 1.36. The van der Waals surface area contributed by atoms with Gasteiger partial charge in [0.1, 0.15) is 0 Å². The topological polar surface area (TPSA) is 70.5 Å². The molecule has 3 amide bonds. The first-order valence-corrected chi connectivity index (χ1v) is 10.0. The highest BCUT2D eigenvalue weighted by atomic mass is 16.2. The Kier molecular flexibility index (Phi) is 5.32. The van der Waals surface area contributed by atoms with Crippen molar-refractivity contribution in [2.24, 2.45) is 5.92 Å². The third-order valence-corrected chi connectivity index (χ3v) is 5.83. The molecule has 0 bridgehead atoms. The molecular weight excluding hydrogens is 354 g/mol. The smallest absolute Gasteiger partial charge is 0.322 e. The predicted octanol–water partition coefficient (Wildman–Crippen LogP) is 2.66. The number of likely N-dealkylation sites (tertiary alicyclic amines) is 1. The molecule has 2 aliphatic rings. The van der Waals surface area contributed by atoms with E-state index < -0.39 is 0 Å². The van der Waals surface area contributed by atoms with Crippen molar-refractivity contribution in [3.8, 4) is 0 Å². The van der Waals surface area contributed by atoms with Crippen molar-refractivity contribution in [3.63, 3.8) is 0 Å². The molecule has 0 aliphatic carbocycles. The molecule has 1 aromatic heterocycles. The van der Waals surface area contributed by atoms with Crippen molar-refractivity contribution >= 4 is 17.6 Å². The van der Waals surface area contributed by atoms with Gasteiger partial charge in [-0.1, -0.05) is 6.07 Å². The summed E-state index contributed by atoms with van der Waals surface area (Å²) in [5.74, 6) is 0.696. The van der Waals surface area contributed by atoms with E-state index in [1.54, 1.807) is 4.90 Å². The molecule has 148 valence electrons. The van der Waals surface area contributed by atoms with E-state index in [1.165, 1.54) is 0 Å². The van der Waals surface area contributed by atoms with Crippen LogP contribution in [0.5, 0.6) is 0 Å². The van der Waals surface area contributed by atoms with E-state index in [9.17, 15) is 9.59 Å². The summed E-state index contributed by atoms with van der Waals surface area (Å²) >= 11 is 0. The molecule has 0 radical (unpaired) electrons. The normalized spacial score (nSPS) is 17.8. The number of nitrogens with zero attached hydrogens (tertiary/aromatic N) is 4. The summed E-state index contributed by atoms with van der Waals surface area (Å²) in [6, 6.07) is 7.53. The van der Waals surface area contributed by atoms with Crippen LogP contribution in [0.3, 0.4) is 0 Å². The highest BCUT2D eigenvalue weighted by Crippen LogP contribution is 2.26. The van der Waals surface area contributed by atoms with Gasteiger partial charge in [-0.25, -0.2) is 4.79 Å². The van der Waals surface area contributed by atoms with Crippen molar-refractivity contribution in [2.45, 2.75) is 32.7 Å². The second-order valence-corrected chi connectivity index (χ2v) is 7.68. The standard InChI is InChI=1S/C21H27N5O2/c1-16-3-4-18(15-19(16)26-14-9-22-21(26)28)20(27)24-11-5-17(6-12-24)7-13-25-10-2-8-23-25/h2-4,8,10,15,17H,5-7,9,11-14H2,1H3,(H,22,28). The number of piperidine rings is 1. The number of anilines is 1. The van der Waals surface area contributed by atoms with Gasteiger partial charge in [-0.15, -0.1) is 0 Å². The molecule has 0 atom stereocenters. The number of amides is 3. The van der Waals surface area contributed by atoms with Crippen LogP contribution >= 0.6 is 0 Å². The summed E-state index contributed by atoms with van der Waals surface area (Å²) in [5, 5.41) is 7.08. The van der Waals surface area contributed by atoms with E-state index in [1.807, 2.05) is 53.2 Å². The van der Waals surface area contributed by atoms with Gasteiger partial charge in [0.05, 0.1) is 0 Å². The van der Waals surface area contributed by atoms with Gasteiger partial charge in [0, 0.05) is 56.4 Å². The monoisotopic (exact) mass is 381 g/mol. The first-order valence-electron chi connectivity index (χ1n) is 10.0. The van der Waals surface area contributed by atoms with E-state index in [2.05, 4.69) is 10.4 Å². The Hall–Kier alpha value is -2.83. The number of hydrogen-bond acceptors (Lipinski definition) is 3. The number of aryl methyl sites for hydroxylation is 2. The molecule has 2 fully saturated rings. The van der Waals surface area contributed by atoms with Crippen molar-refractivity contribution < 1.29 is 9.59 Å². The zero-order valence-electron chi connectivity index (χ0n) is 16.3. The third-order valence-electron chi connectivity index (χ3n) is 5.83. The molecule has 0 spiro atoms. The molecule has 0 unspecified atom stereocenters. The molecule has 28 heavy (non-hydrogen) atoms. The lowest BCUT2D eigenvalue weighted by Gasteiger charge is -2.32. The van der Waals surface area contributed by atoms with Crippen molar-refractivity contribution in [3.05, 3.63) is 47.8 Å². The quantitative estimate of drug-likeness (QED) is 0.866. The Morgan fingerprint density at radius 2 is 2.07 bits per heavy atom. The first kappa shape index (κ1) is 18.5. The van der Waals surface area contributed by atoms with Crippen LogP contribution in [0, 0.1) is 12.8 Å². The molecule has 2 aliphatic heterocycles. The van der Waals surface area contributed by atoms with Gasteiger partial charge in [0.25, 0.3) is 5.91 Å². The van der Waals surface area contributed by atoms with Gasteiger partial charge in [0.15, 0.2) is 0 Å². The molecule has 4 rings (SSSR count). The maximum absolute atomic E-state index is 13.0. The second-order valence-electron chi connectivity index (χ2n) is 7.68. The number of rotatable bonds is 5. The zero-order valence-corrected chi connectivity index (χ0v) is 16.3. The van der Waals surface area contributed by atoms with Gasteiger partial charge in [-0.05, 0) is 55.9 Å². The van der Waals surface area contributed by atoms with Crippen molar-refractivity contribution in [2.75, 3.05) is 31.1 Å². The van der Waals surface area contributed by atoms with E-state index in [-0.39, 0.29) is 11.9 Å². The predicted molar refractivity (Wildman–Crippen MR) is 107 cm³/mol. The van der Waals surface area contributed by atoms with Crippen molar-refractivity contribution in [1.82, 2.24) is 20.0 Å². The molecule has 0 saturated carbocycles. The lowest BCUT2D eigenvalue weighted by molar-refractivity contribution is 0.0684. The second kappa shape index (κ2) is 8.04. The summed E-state index contributed by atoms with van der Waals surface area (Å²) in [5.41, 5.74) is 2.50. The summed E-state index contributed by atoms with van der Waals surface area (Å²) < 4.78 is 1.97. The van der Waals surface area contributed by atoms with Crippen LogP contribution in [0.1, 0.15) is 35.2 Å². The summed E-state index contributed by atoms with van der Waals surface area (Å²) in [6.45, 7) is 5.76. The van der Waals surface area contributed by atoms with Crippen LogP contribution < -0.4 is 10.2 Å². The van der Waals surface area contributed by atoms with Crippen LogP contribution in [0.4, 0.5) is 10.5 Å². The molecule has 7 nitrogen and oxygen atoms in total. The number of carbonyl (C=O) groups excluding carboxylic acids is 2. The summed E-state index contributed by atoms with van der Waals surface area (Å²) in [6.07, 6.45) is 6.96. The minimum absolute atomic E-state index is 0.0615. The first-order chi connectivity index (χ1) is 13.6. The SMILES string of the molecule is Cc1ccc(C(=O)N2CCC(CCn3cccn3)CC2)cc1N1CCNC1=O. The minimum Gasteiger partial charge on any atom is -0.339 e. The number of carbonyl (C=O) groups is 2. The van der Waals surface area contributed by atoms with Crippen LogP contribution in [0.2, 0.25) is 0 Å². The van der Waals surface area contributed by atoms with Gasteiger partial charge in [-0.2, -0.15) is 5.10 Å². The average Bonchev–Trinajstić information content (AvgIpc) is 3.38. The van der Waals surface area contributed by atoms with Crippen LogP contribution in [0.25, 0.3) is 0 Å². The average molecular weight is 381 g/mol. The van der Waals surface area contributed by atoms with E-state index >= 15 is 0 Å².